The van der Waals surface area contributed by atoms with E-state index in [9.17, 15) is 8.42 Å². The Labute approximate surface area is 168 Å². The van der Waals surface area contributed by atoms with E-state index in [1.165, 1.54) is 0 Å². The number of hydrogen-bond acceptors (Lipinski definition) is 4. The molecule has 124 valence electrons. The van der Waals surface area contributed by atoms with E-state index in [0.29, 0.717) is 14.7 Å². The van der Waals surface area contributed by atoms with E-state index in [1.807, 2.05) is 31.2 Å². The number of aryl methyl sites for hydroxylation is 2. The zero-order valence-corrected chi connectivity index (χ0v) is 18.0. The van der Waals surface area contributed by atoms with E-state index in [2.05, 4.69) is 50.2 Å². The minimum absolute atomic E-state index is 0.181. The van der Waals surface area contributed by atoms with Crippen molar-refractivity contribution >= 4 is 66.2 Å². The molecule has 0 aliphatic carbocycles. The molecular formula is C17H13I2NO3S. The van der Waals surface area contributed by atoms with Gasteiger partial charge in [-0.3, -0.25) is 4.98 Å². The first-order chi connectivity index (χ1) is 11.3. The van der Waals surface area contributed by atoms with Crippen LogP contribution in [0.4, 0.5) is 0 Å². The average molecular weight is 565 g/mol. The van der Waals surface area contributed by atoms with Crippen molar-refractivity contribution < 1.29 is 12.6 Å². The van der Waals surface area contributed by atoms with Crippen LogP contribution in [0.2, 0.25) is 0 Å². The van der Waals surface area contributed by atoms with Gasteiger partial charge in [-0.25, -0.2) is 0 Å². The number of fused-ring (bicyclic) bond motifs is 1. The average Bonchev–Trinajstić information content (AvgIpc) is 2.53. The SMILES string of the molecule is Cc1ccc(C)c(S(=O)(=O)Oc2c(I)cc(I)c3cccnc23)c1. The Morgan fingerprint density at radius 2 is 1.79 bits per heavy atom. The summed E-state index contributed by atoms with van der Waals surface area (Å²) in [6.07, 6.45) is 1.63. The van der Waals surface area contributed by atoms with Crippen LogP contribution in [0.3, 0.4) is 0 Å². The van der Waals surface area contributed by atoms with Crippen LogP contribution in [-0.4, -0.2) is 13.4 Å². The van der Waals surface area contributed by atoms with Gasteiger partial charge in [0.1, 0.15) is 10.4 Å². The first kappa shape index (κ1) is 17.9. The van der Waals surface area contributed by atoms with Crippen LogP contribution >= 0.6 is 45.2 Å². The Hall–Kier alpha value is -0.940. The van der Waals surface area contributed by atoms with Gasteiger partial charge in [0.15, 0.2) is 5.75 Å². The number of nitrogens with zero attached hydrogens (tertiary/aromatic N) is 1. The molecule has 7 heteroatoms. The summed E-state index contributed by atoms with van der Waals surface area (Å²) in [5.74, 6) is 0.271. The van der Waals surface area contributed by atoms with Crippen molar-refractivity contribution in [2.75, 3.05) is 0 Å². The van der Waals surface area contributed by atoms with Crippen molar-refractivity contribution in [1.82, 2.24) is 4.98 Å². The summed E-state index contributed by atoms with van der Waals surface area (Å²) in [6.45, 7) is 3.61. The van der Waals surface area contributed by atoms with Gasteiger partial charge in [-0.05, 0) is 88.4 Å². The topological polar surface area (TPSA) is 56.3 Å². The molecule has 0 aliphatic rings. The van der Waals surface area contributed by atoms with E-state index in [1.54, 1.807) is 25.3 Å². The summed E-state index contributed by atoms with van der Waals surface area (Å²) in [4.78, 5) is 4.50. The van der Waals surface area contributed by atoms with Crippen LogP contribution in [0.1, 0.15) is 11.1 Å². The summed E-state index contributed by atoms with van der Waals surface area (Å²) >= 11 is 4.28. The molecular weight excluding hydrogens is 552 g/mol. The highest BCUT2D eigenvalue weighted by atomic mass is 127. The predicted octanol–water partition coefficient (Wildman–Crippen LogP) is 4.83. The lowest BCUT2D eigenvalue weighted by atomic mass is 10.2. The molecule has 0 fully saturated rings. The standard InChI is InChI=1S/C17H13I2NO3S/c1-10-5-6-11(2)15(8-10)24(21,22)23-17-14(19)9-13(18)12-4-3-7-20-16(12)17/h3-9H,1-2H3. The van der Waals surface area contributed by atoms with Crippen LogP contribution in [-0.2, 0) is 10.1 Å². The van der Waals surface area contributed by atoms with Crippen LogP contribution in [0, 0.1) is 21.0 Å². The monoisotopic (exact) mass is 565 g/mol. The summed E-state index contributed by atoms with van der Waals surface area (Å²) in [6, 6.07) is 10.9. The van der Waals surface area contributed by atoms with Crippen LogP contribution in [0.25, 0.3) is 10.9 Å². The predicted molar refractivity (Wildman–Crippen MR) is 111 cm³/mol. The molecule has 0 saturated carbocycles. The lowest BCUT2D eigenvalue weighted by Crippen LogP contribution is -2.13. The third-order valence-corrected chi connectivity index (χ3v) is 6.61. The van der Waals surface area contributed by atoms with E-state index < -0.39 is 10.1 Å². The van der Waals surface area contributed by atoms with Gasteiger partial charge < -0.3 is 4.18 Å². The highest BCUT2D eigenvalue weighted by Crippen LogP contribution is 2.35. The van der Waals surface area contributed by atoms with E-state index in [0.717, 1.165) is 14.5 Å². The van der Waals surface area contributed by atoms with Crippen molar-refractivity contribution in [2.45, 2.75) is 18.7 Å². The first-order valence-corrected chi connectivity index (χ1v) is 10.6. The van der Waals surface area contributed by atoms with Crippen molar-refractivity contribution in [3.8, 4) is 5.75 Å². The van der Waals surface area contributed by atoms with E-state index in [-0.39, 0.29) is 10.6 Å². The first-order valence-electron chi connectivity index (χ1n) is 7.04. The van der Waals surface area contributed by atoms with Gasteiger partial charge in [0, 0.05) is 15.2 Å². The van der Waals surface area contributed by atoms with Crippen molar-refractivity contribution in [3.63, 3.8) is 0 Å². The second-order valence-corrected chi connectivity index (χ2v) is 9.21. The zero-order chi connectivity index (χ0) is 17.5. The van der Waals surface area contributed by atoms with Gasteiger partial charge in [-0.2, -0.15) is 8.42 Å². The van der Waals surface area contributed by atoms with Crippen LogP contribution < -0.4 is 4.18 Å². The summed E-state index contributed by atoms with van der Waals surface area (Å²) < 4.78 is 32.8. The lowest BCUT2D eigenvalue weighted by molar-refractivity contribution is 0.486. The number of pyridine rings is 1. The van der Waals surface area contributed by atoms with Gasteiger partial charge in [-0.15, -0.1) is 0 Å². The minimum Gasteiger partial charge on any atom is -0.375 e. The highest BCUT2D eigenvalue weighted by molar-refractivity contribution is 14.1. The fourth-order valence-corrected chi connectivity index (χ4v) is 5.80. The number of rotatable bonds is 3. The zero-order valence-electron chi connectivity index (χ0n) is 12.9. The fourth-order valence-electron chi connectivity index (χ4n) is 2.36. The Balaban J connectivity index is 2.18. The molecule has 0 spiro atoms. The molecule has 1 heterocycles. The molecule has 0 atom stereocenters. The third-order valence-electron chi connectivity index (χ3n) is 3.56. The second-order valence-electron chi connectivity index (χ2n) is 5.38. The van der Waals surface area contributed by atoms with Crippen molar-refractivity contribution in [3.05, 3.63) is 60.9 Å². The molecule has 0 bridgehead atoms. The Morgan fingerprint density at radius 1 is 1.04 bits per heavy atom. The summed E-state index contributed by atoms with van der Waals surface area (Å²) in [5, 5.41) is 0.865. The molecule has 0 amide bonds. The Morgan fingerprint density at radius 3 is 2.54 bits per heavy atom. The molecule has 4 nitrogen and oxygen atoms in total. The maximum absolute atomic E-state index is 12.8. The lowest BCUT2D eigenvalue weighted by Gasteiger charge is -2.13. The van der Waals surface area contributed by atoms with E-state index in [4.69, 9.17) is 4.18 Å². The number of benzene rings is 2. The molecule has 3 rings (SSSR count). The minimum atomic E-state index is -3.94. The second kappa shape index (κ2) is 6.75. The maximum atomic E-state index is 12.8. The van der Waals surface area contributed by atoms with Crippen molar-refractivity contribution in [2.24, 2.45) is 0 Å². The molecule has 0 radical (unpaired) electrons. The molecule has 2 aromatic carbocycles. The number of halogens is 2. The molecule has 1 aromatic heterocycles. The summed E-state index contributed by atoms with van der Waals surface area (Å²) in [7, 11) is -3.94. The molecule has 0 unspecified atom stereocenters. The van der Waals surface area contributed by atoms with Gasteiger partial charge in [0.05, 0.1) is 3.57 Å². The van der Waals surface area contributed by atoms with Crippen LogP contribution in [0.5, 0.6) is 5.75 Å². The number of hydrogen-bond donors (Lipinski definition) is 0. The molecule has 0 aliphatic heterocycles. The Kier molecular flexibility index (Phi) is 5.03. The molecule has 0 saturated heterocycles. The smallest absolute Gasteiger partial charge is 0.339 e. The number of aromatic nitrogens is 1. The van der Waals surface area contributed by atoms with Crippen LogP contribution in [0.15, 0.2) is 47.5 Å². The van der Waals surface area contributed by atoms with Crippen molar-refractivity contribution in [1.29, 1.82) is 0 Å². The largest absolute Gasteiger partial charge is 0.375 e. The third kappa shape index (κ3) is 3.38. The maximum Gasteiger partial charge on any atom is 0.339 e. The quantitative estimate of drug-likeness (QED) is 0.338. The van der Waals surface area contributed by atoms with E-state index >= 15 is 0 Å². The van der Waals surface area contributed by atoms with Gasteiger partial charge in [-0.1, -0.05) is 18.2 Å². The fraction of sp³-hybridized carbons (Fsp3) is 0.118. The normalized spacial score (nSPS) is 11.7. The van der Waals surface area contributed by atoms with Gasteiger partial charge in [0.25, 0.3) is 0 Å². The van der Waals surface area contributed by atoms with Gasteiger partial charge >= 0.3 is 10.1 Å². The highest BCUT2D eigenvalue weighted by Gasteiger charge is 2.23. The molecule has 24 heavy (non-hydrogen) atoms. The molecule has 0 N–H and O–H groups in total. The Bertz CT molecular complexity index is 1050. The molecule has 3 aromatic rings. The summed E-state index contributed by atoms with van der Waals surface area (Å²) in [5.41, 5.74) is 2.06. The van der Waals surface area contributed by atoms with Gasteiger partial charge in [0.2, 0.25) is 0 Å².